The van der Waals surface area contributed by atoms with Crippen LogP contribution >= 0.6 is 24.0 Å². The van der Waals surface area contributed by atoms with Crippen molar-refractivity contribution in [2.45, 2.75) is 57.9 Å². The maximum atomic E-state index is 5.53. The van der Waals surface area contributed by atoms with Crippen molar-refractivity contribution in [3.8, 4) is 0 Å². The van der Waals surface area contributed by atoms with E-state index in [1.165, 1.54) is 25.7 Å². The van der Waals surface area contributed by atoms with Gasteiger partial charge in [-0.15, -0.1) is 24.0 Å². The third kappa shape index (κ3) is 8.54. The molecule has 0 bridgehead atoms. The quantitative estimate of drug-likeness (QED) is 0.251. The van der Waals surface area contributed by atoms with Crippen molar-refractivity contribution >= 4 is 29.9 Å². The first-order chi connectivity index (χ1) is 10.6. The average molecular weight is 440 g/mol. The van der Waals surface area contributed by atoms with E-state index in [1.54, 1.807) is 0 Å². The molecule has 1 saturated heterocycles. The fraction of sp³-hybridized carbons (Fsp3) is 0.941. The van der Waals surface area contributed by atoms with Crippen molar-refractivity contribution in [1.82, 2.24) is 15.5 Å². The summed E-state index contributed by atoms with van der Waals surface area (Å²) >= 11 is 0. The van der Waals surface area contributed by atoms with Crippen LogP contribution in [0, 0.1) is 0 Å². The van der Waals surface area contributed by atoms with Gasteiger partial charge < -0.3 is 20.3 Å². The summed E-state index contributed by atoms with van der Waals surface area (Å²) in [5.74, 6) is 0.951. The van der Waals surface area contributed by atoms with E-state index < -0.39 is 0 Å². The van der Waals surface area contributed by atoms with E-state index in [0.717, 1.165) is 51.6 Å². The second-order valence-electron chi connectivity index (χ2n) is 6.41. The third-order valence-corrected chi connectivity index (χ3v) is 4.57. The Balaban J connectivity index is 0.00000484. The van der Waals surface area contributed by atoms with Gasteiger partial charge in [0.25, 0.3) is 0 Å². The lowest BCUT2D eigenvalue weighted by Crippen LogP contribution is -2.51. The number of nitrogens with one attached hydrogen (secondary N) is 2. The summed E-state index contributed by atoms with van der Waals surface area (Å²) in [7, 11) is 4.32. The molecule has 1 rings (SSSR count). The number of guanidine groups is 1. The molecule has 1 fully saturated rings. The van der Waals surface area contributed by atoms with E-state index in [2.05, 4.69) is 43.5 Å². The van der Waals surface area contributed by atoms with E-state index in [9.17, 15) is 0 Å². The van der Waals surface area contributed by atoms with Crippen molar-refractivity contribution in [3.05, 3.63) is 0 Å². The summed E-state index contributed by atoms with van der Waals surface area (Å²) in [5.41, 5.74) is 0.142. The minimum Gasteiger partial charge on any atom is -0.381 e. The molecular formula is C17H37IN4O. The molecule has 0 aromatic heterocycles. The molecule has 1 aliphatic rings. The summed E-state index contributed by atoms with van der Waals surface area (Å²) in [6, 6.07) is 0. The minimum absolute atomic E-state index is 0. The van der Waals surface area contributed by atoms with E-state index >= 15 is 0 Å². The van der Waals surface area contributed by atoms with Crippen LogP contribution in [0.2, 0.25) is 0 Å². The van der Waals surface area contributed by atoms with Gasteiger partial charge in [0.15, 0.2) is 5.96 Å². The van der Waals surface area contributed by atoms with Crippen LogP contribution in [0.15, 0.2) is 4.99 Å². The normalized spacial score (nSPS) is 17.7. The molecule has 0 radical (unpaired) electrons. The van der Waals surface area contributed by atoms with Gasteiger partial charge in [0, 0.05) is 31.8 Å². The van der Waals surface area contributed by atoms with Gasteiger partial charge in [0.05, 0.1) is 6.54 Å². The molecular weight excluding hydrogens is 403 g/mol. The van der Waals surface area contributed by atoms with Crippen molar-refractivity contribution in [2.24, 2.45) is 4.99 Å². The van der Waals surface area contributed by atoms with Crippen molar-refractivity contribution in [3.63, 3.8) is 0 Å². The zero-order valence-corrected chi connectivity index (χ0v) is 17.8. The van der Waals surface area contributed by atoms with Gasteiger partial charge in [0.1, 0.15) is 0 Å². The van der Waals surface area contributed by atoms with Crippen molar-refractivity contribution in [1.29, 1.82) is 0 Å². The Morgan fingerprint density at radius 1 is 1.09 bits per heavy atom. The van der Waals surface area contributed by atoms with Gasteiger partial charge in [-0.2, -0.15) is 0 Å². The van der Waals surface area contributed by atoms with Crippen LogP contribution in [0.5, 0.6) is 0 Å². The highest BCUT2D eigenvalue weighted by molar-refractivity contribution is 14.0. The van der Waals surface area contributed by atoms with E-state index in [0.29, 0.717) is 0 Å². The largest absolute Gasteiger partial charge is 0.381 e. The minimum atomic E-state index is 0. The molecule has 1 aliphatic heterocycles. The smallest absolute Gasteiger partial charge is 0.191 e. The number of rotatable bonds is 9. The van der Waals surface area contributed by atoms with E-state index in [-0.39, 0.29) is 29.5 Å². The average Bonchev–Trinajstić information content (AvgIpc) is 2.53. The molecule has 1 heterocycles. The first-order valence-electron chi connectivity index (χ1n) is 8.92. The Hall–Kier alpha value is -0.0800. The lowest BCUT2D eigenvalue weighted by atomic mass is 9.89. The Labute approximate surface area is 160 Å². The van der Waals surface area contributed by atoms with Crippen molar-refractivity contribution in [2.75, 3.05) is 46.9 Å². The molecule has 0 unspecified atom stereocenters. The molecule has 0 aliphatic carbocycles. The second-order valence-corrected chi connectivity index (χ2v) is 6.41. The standard InChI is InChI=1S/C17H36N4O.HI/c1-5-7-8-9-12-19-16(18-6-2)20-15-17(21(3)4)10-13-22-14-11-17;/h5-15H2,1-4H3,(H2,18,19,20);1H. The lowest BCUT2D eigenvalue weighted by molar-refractivity contribution is -0.00254. The van der Waals surface area contributed by atoms with Gasteiger partial charge in [0.2, 0.25) is 0 Å². The summed E-state index contributed by atoms with van der Waals surface area (Å²) in [5, 5.41) is 6.82. The molecule has 138 valence electrons. The first kappa shape index (κ1) is 22.9. The van der Waals surface area contributed by atoms with Gasteiger partial charge >= 0.3 is 0 Å². The Bertz CT molecular complexity index is 318. The molecule has 0 aromatic carbocycles. The summed E-state index contributed by atoms with van der Waals surface area (Å²) < 4.78 is 5.53. The predicted molar refractivity (Wildman–Crippen MR) is 110 cm³/mol. The molecule has 0 atom stereocenters. The van der Waals surface area contributed by atoms with Gasteiger partial charge in [-0.05, 0) is 40.3 Å². The number of hydrogen-bond donors (Lipinski definition) is 2. The zero-order chi connectivity index (χ0) is 16.3. The molecule has 0 amide bonds. The first-order valence-corrected chi connectivity index (χ1v) is 8.92. The number of ether oxygens (including phenoxy) is 1. The number of unbranched alkanes of at least 4 members (excludes halogenated alkanes) is 3. The number of nitrogens with zero attached hydrogens (tertiary/aromatic N) is 2. The fourth-order valence-electron chi connectivity index (χ4n) is 2.82. The maximum Gasteiger partial charge on any atom is 0.191 e. The molecule has 5 nitrogen and oxygen atoms in total. The number of likely N-dealkylation sites (N-methyl/N-ethyl adjacent to an activating group) is 1. The second kappa shape index (κ2) is 13.2. The molecule has 6 heteroatoms. The SMILES string of the molecule is CCCCCCNC(=NCC1(N(C)C)CCOCC1)NCC.I. The Morgan fingerprint density at radius 2 is 1.78 bits per heavy atom. The highest BCUT2D eigenvalue weighted by atomic mass is 127. The monoisotopic (exact) mass is 440 g/mol. The van der Waals surface area contributed by atoms with Gasteiger partial charge in [-0.1, -0.05) is 26.2 Å². The van der Waals surface area contributed by atoms with E-state index in [1.807, 2.05) is 0 Å². The molecule has 0 aromatic rings. The maximum absolute atomic E-state index is 5.53. The Morgan fingerprint density at radius 3 is 2.35 bits per heavy atom. The van der Waals surface area contributed by atoms with Crippen LogP contribution < -0.4 is 10.6 Å². The van der Waals surface area contributed by atoms with Crippen LogP contribution in [0.4, 0.5) is 0 Å². The molecule has 2 N–H and O–H groups in total. The molecule has 0 spiro atoms. The number of hydrogen-bond acceptors (Lipinski definition) is 3. The van der Waals surface area contributed by atoms with Crippen LogP contribution in [0.3, 0.4) is 0 Å². The summed E-state index contributed by atoms with van der Waals surface area (Å²) in [4.78, 5) is 7.17. The topological polar surface area (TPSA) is 48.9 Å². The molecule has 23 heavy (non-hydrogen) atoms. The van der Waals surface area contributed by atoms with Crippen LogP contribution in [-0.2, 0) is 4.74 Å². The summed E-state index contributed by atoms with van der Waals surface area (Å²) in [6.45, 7) is 8.78. The van der Waals surface area contributed by atoms with Crippen LogP contribution in [0.1, 0.15) is 52.4 Å². The van der Waals surface area contributed by atoms with Crippen molar-refractivity contribution < 1.29 is 4.74 Å². The van der Waals surface area contributed by atoms with Crippen LogP contribution in [-0.4, -0.2) is 63.3 Å². The highest BCUT2D eigenvalue weighted by Gasteiger charge is 2.34. The number of halogens is 1. The molecule has 0 saturated carbocycles. The lowest BCUT2D eigenvalue weighted by Gasteiger charge is -2.41. The number of aliphatic imine (C=N–C) groups is 1. The highest BCUT2D eigenvalue weighted by Crippen LogP contribution is 2.26. The van der Waals surface area contributed by atoms with Crippen LogP contribution in [0.25, 0.3) is 0 Å². The third-order valence-electron chi connectivity index (χ3n) is 4.57. The van der Waals surface area contributed by atoms with E-state index in [4.69, 9.17) is 9.73 Å². The van der Waals surface area contributed by atoms with Gasteiger partial charge in [-0.3, -0.25) is 4.99 Å². The van der Waals surface area contributed by atoms with Gasteiger partial charge in [-0.25, -0.2) is 0 Å². The zero-order valence-electron chi connectivity index (χ0n) is 15.5. The fourth-order valence-corrected chi connectivity index (χ4v) is 2.82. The summed E-state index contributed by atoms with van der Waals surface area (Å²) in [6.07, 6.45) is 7.21. The Kier molecular flexibility index (Phi) is 13.2. The predicted octanol–water partition coefficient (Wildman–Crippen LogP) is 2.85.